The van der Waals surface area contributed by atoms with Gasteiger partial charge in [-0.2, -0.15) is 5.10 Å². The highest BCUT2D eigenvalue weighted by Gasteiger charge is 2.25. The molecular weight excluding hydrogens is 212 g/mol. The second kappa shape index (κ2) is 3.87. The first-order valence-electron chi connectivity index (χ1n) is 6.02. The lowest BCUT2D eigenvalue weighted by molar-refractivity contribution is 0.643. The van der Waals surface area contributed by atoms with E-state index in [0.29, 0.717) is 0 Å². The van der Waals surface area contributed by atoms with Crippen molar-refractivity contribution in [2.75, 3.05) is 5.32 Å². The minimum atomic E-state index is 0.255. The van der Waals surface area contributed by atoms with Crippen LogP contribution in [0.4, 0.5) is 5.69 Å². The lowest BCUT2D eigenvalue weighted by atomic mass is 10.1. The van der Waals surface area contributed by atoms with E-state index >= 15 is 0 Å². The molecule has 88 valence electrons. The molecule has 0 fully saturated rings. The highest BCUT2D eigenvalue weighted by Crippen LogP contribution is 2.32. The summed E-state index contributed by atoms with van der Waals surface area (Å²) in [6, 6.07) is 8.68. The van der Waals surface area contributed by atoms with Crippen molar-refractivity contribution in [1.29, 1.82) is 0 Å². The number of hydrogen-bond acceptors (Lipinski definition) is 3. The van der Waals surface area contributed by atoms with Crippen molar-refractivity contribution in [3.8, 4) is 0 Å². The predicted octanol–water partition coefficient (Wildman–Crippen LogP) is 2.09. The van der Waals surface area contributed by atoms with Gasteiger partial charge in [0.05, 0.1) is 6.04 Å². The number of benzene rings is 1. The van der Waals surface area contributed by atoms with E-state index in [2.05, 4.69) is 46.6 Å². The van der Waals surface area contributed by atoms with Gasteiger partial charge >= 0.3 is 0 Å². The van der Waals surface area contributed by atoms with Gasteiger partial charge in [0.1, 0.15) is 5.82 Å². The maximum absolute atomic E-state index is 4.58. The Morgan fingerprint density at radius 1 is 1.41 bits per heavy atom. The number of rotatable bonds is 2. The zero-order valence-electron chi connectivity index (χ0n) is 10.1. The minimum absolute atomic E-state index is 0.255. The molecule has 0 bridgehead atoms. The van der Waals surface area contributed by atoms with Gasteiger partial charge in [-0.1, -0.05) is 25.1 Å². The van der Waals surface area contributed by atoms with Crippen LogP contribution in [0.5, 0.6) is 0 Å². The van der Waals surface area contributed by atoms with Gasteiger partial charge in [-0.15, -0.1) is 0 Å². The van der Waals surface area contributed by atoms with E-state index in [4.69, 9.17) is 0 Å². The third-order valence-corrected chi connectivity index (χ3v) is 3.24. The molecule has 3 rings (SSSR count). The normalized spacial score (nSPS) is 17.9. The van der Waals surface area contributed by atoms with Crippen LogP contribution in [0, 0.1) is 0 Å². The summed E-state index contributed by atoms with van der Waals surface area (Å²) in [5.74, 6) is 1.94. The van der Waals surface area contributed by atoms with E-state index < -0.39 is 0 Å². The fourth-order valence-electron chi connectivity index (χ4n) is 2.36. The number of fused-ring (bicyclic) bond motifs is 1. The summed E-state index contributed by atoms with van der Waals surface area (Å²) in [6.45, 7) is 2.08. The molecule has 1 aliphatic rings. The zero-order chi connectivity index (χ0) is 11.8. The summed E-state index contributed by atoms with van der Waals surface area (Å²) in [4.78, 5) is 4.58. The molecule has 2 heterocycles. The van der Waals surface area contributed by atoms with Crippen LogP contribution in [-0.4, -0.2) is 14.8 Å². The van der Waals surface area contributed by atoms with Crippen molar-refractivity contribution >= 4 is 5.69 Å². The Balaban J connectivity index is 1.91. The monoisotopic (exact) mass is 228 g/mol. The zero-order valence-corrected chi connectivity index (χ0v) is 10.1. The first-order valence-corrected chi connectivity index (χ1v) is 6.02. The predicted molar refractivity (Wildman–Crippen MR) is 66.9 cm³/mol. The van der Waals surface area contributed by atoms with Gasteiger partial charge in [0, 0.05) is 25.6 Å². The average molecular weight is 228 g/mol. The Morgan fingerprint density at radius 2 is 2.24 bits per heavy atom. The van der Waals surface area contributed by atoms with Crippen LogP contribution in [0.2, 0.25) is 0 Å². The van der Waals surface area contributed by atoms with Gasteiger partial charge < -0.3 is 5.32 Å². The number of nitrogens with one attached hydrogen (secondary N) is 1. The Kier molecular flexibility index (Phi) is 2.35. The van der Waals surface area contributed by atoms with E-state index in [1.54, 1.807) is 0 Å². The van der Waals surface area contributed by atoms with E-state index in [0.717, 1.165) is 24.5 Å². The van der Waals surface area contributed by atoms with E-state index in [1.807, 2.05) is 11.7 Å². The number of aryl methyl sites for hydroxylation is 2. The number of nitrogens with zero attached hydrogens (tertiary/aromatic N) is 3. The third-order valence-electron chi connectivity index (χ3n) is 3.24. The second-order valence-corrected chi connectivity index (χ2v) is 4.42. The quantitative estimate of drug-likeness (QED) is 0.855. The minimum Gasteiger partial charge on any atom is -0.375 e. The van der Waals surface area contributed by atoms with Crippen LogP contribution in [0.25, 0.3) is 0 Å². The van der Waals surface area contributed by atoms with Crippen LogP contribution in [0.1, 0.15) is 30.2 Å². The van der Waals surface area contributed by atoms with Crippen LogP contribution < -0.4 is 5.32 Å². The molecule has 0 amide bonds. The van der Waals surface area contributed by atoms with Crippen molar-refractivity contribution in [3.05, 3.63) is 41.5 Å². The summed E-state index contributed by atoms with van der Waals surface area (Å²) in [7, 11) is 1.96. The Labute approximate surface area is 101 Å². The highest BCUT2D eigenvalue weighted by molar-refractivity contribution is 5.57. The first-order chi connectivity index (χ1) is 8.28. The lowest BCUT2D eigenvalue weighted by Gasteiger charge is -2.09. The largest absolute Gasteiger partial charge is 0.375 e. The van der Waals surface area contributed by atoms with E-state index in [1.165, 1.54) is 11.3 Å². The average Bonchev–Trinajstić information content (AvgIpc) is 2.91. The van der Waals surface area contributed by atoms with Gasteiger partial charge in [0.2, 0.25) is 0 Å². The van der Waals surface area contributed by atoms with Gasteiger partial charge in [-0.05, 0) is 11.6 Å². The van der Waals surface area contributed by atoms with Crippen molar-refractivity contribution < 1.29 is 0 Å². The Bertz CT molecular complexity index is 519. The van der Waals surface area contributed by atoms with Crippen LogP contribution in [-0.2, 0) is 19.9 Å². The van der Waals surface area contributed by atoms with Gasteiger partial charge in [0.25, 0.3) is 0 Å². The molecule has 0 aliphatic carbocycles. The molecule has 0 spiro atoms. The SMILES string of the molecule is CCc1nc(C2Cc3ccccc3N2)n(C)n1. The van der Waals surface area contributed by atoms with Crippen LogP contribution in [0.3, 0.4) is 0 Å². The fourth-order valence-corrected chi connectivity index (χ4v) is 2.36. The summed E-state index contributed by atoms with van der Waals surface area (Å²) < 4.78 is 1.89. The van der Waals surface area contributed by atoms with E-state index in [9.17, 15) is 0 Å². The van der Waals surface area contributed by atoms with Gasteiger partial charge in [-0.3, -0.25) is 4.68 Å². The molecule has 1 aromatic carbocycles. The van der Waals surface area contributed by atoms with Gasteiger partial charge in [-0.25, -0.2) is 4.98 Å². The molecule has 1 aromatic heterocycles. The molecule has 17 heavy (non-hydrogen) atoms. The highest BCUT2D eigenvalue weighted by atomic mass is 15.3. The second-order valence-electron chi connectivity index (χ2n) is 4.42. The molecule has 1 unspecified atom stereocenters. The van der Waals surface area contributed by atoms with Crippen molar-refractivity contribution in [2.45, 2.75) is 25.8 Å². The topological polar surface area (TPSA) is 42.7 Å². The molecule has 0 radical (unpaired) electrons. The first kappa shape index (κ1) is 10.3. The smallest absolute Gasteiger partial charge is 0.150 e. The third kappa shape index (κ3) is 1.69. The molecule has 0 saturated heterocycles. The molecule has 2 aromatic rings. The summed E-state index contributed by atoms with van der Waals surface area (Å²) in [5, 5.41) is 7.91. The standard InChI is InChI=1S/C13H16N4/c1-3-12-15-13(17(2)16-12)11-8-9-6-4-5-7-10(9)14-11/h4-7,11,14H,3,8H2,1-2H3. The fraction of sp³-hybridized carbons (Fsp3) is 0.385. The number of hydrogen-bond donors (Lipinski definition) is 1. The van der Waals surface area contributed by atoms with Crippen molar-refractivity contribution in [1.82, 2.24) is 14.8 Å². The maximum Gasteiger partial charge on any atom is 0.150 e. The molecule has 4 nitrogen and oxygen atoms in total. The molecule has 4 heteroatoms. The number of aromatic nitrogens is 3. The number of para-hydroxylation sites is 1. The number of anilines is 1. The molecule has 1 aliphatic heterocycles. The summed E-state index contributed by atoms with van der Waals surface area (Å²) in [6.07, 6.45) is 1.87. The maximum atomic E-state index is 4.58. The molecular formula is C13H16N4. The van der Waals surface area contributed by atoms with Crippen LogP contribution >= 0.6 is 0 Å². The molecule has 0 saturated carbocycles. The summed E-state index contributed by atoms with van der Waals surface area (Å²) >= 11 is 0. The molecule has 1 N–H and O–H groups in total. The lowest BCUT2D eigenvalue weighted by Crippen LogP contribution is -2.12. The van der Waals surface area contributed by atoms with Crippen molar-refractivity contribution in [2.24, 2.45) is 7.05 Å². The Morgan fingerprint density at radius 3 is 2.94 bits per heavy atom. The summed E-state index contributed by atoms with van der Waals surface area (Å²) in [5.41, 5.74) is 2.58. The van der Waals surface area contributed by atoms with Crippen LogP contribution in [0.15, 0.2) is 24.3 Å². The molecule has 1 atom stereocenters. The van der Waals surface area contributed by atoms with Gasteiger partial charge in [0.15, 0.2) is 5.82 Å². The Hall–Kier alpha value is -1.84. The van der Waals surface area contributed by atoms with Crippen molar-refractivity contribution in [3.63, 3.8) is 0 Å². The van der Waals surface area contributed by atoms with E-state index in [-0.39, 0.29) is 6.04 Å².